The fourth-order valence-electron chi connectivity index (χ4n) is 3.39. The molecule has 1 aromatic rings. The molecule has 2 aliphatic rings. The molecule has 1 saturated heterocycles. The van der Waals surface area contributed by atoms with Gasteiger partial charge < -0.3 is 10.6 Å². The summed E-state index contributed by atoms with van der Waals surface area (Å²) in [5.74, 6) is 0.279. The van der Waals surface area contributed by atoms with E-state index in [2.05, 4.69) is 34.9 Å². The van der Waals surface area contributed by atoms with Crippen molar-refractivity contribution in [3.8, 4) is 0 Å². The number of halogens is 1. The molecule has 1 amide bonds. The van der Waals surface area contributed by atoms with Crippen molar-refractivity contribution in [2.75, 3.05) is 13.1 Å². The summed E-state index contributed by atoms with van der Waals surface area (Å²) in [4.78, 5) is 12.7. The van der Waals surface area contributed by atoms with E-state index in [0.717, 1.165) is 45.2 Å². The second-order valence-electron chi connectivity index (χ2n) is 6.31. The molecule has 0 spiro atoms. The highest BCUT2D eigenvalue weighted by Gasteiger charge is 2.44. The Morgan fingerprint density at radius 2 is 2.00 bits per heavy atom. The van der Waals surface area contributed by atoms with Crippen molar-refractivity contribution < 1.29 is 4.79 Å². The molecule has 0 unspecified atom stereocenters. The third-order valence-corrected chi connectivity index (χ3v) is 4.81. The predicted molar refractivity (Wildman–Crippen MR) is 87.7 cm³/mol. The van der Waals surface area contributed by atoms with Gasteiger partial charge in [-0.25, -0.2) is 0 Å². The molecule has 0 aromatic heterocycles. The molecular weight excluding hydrogens is 284 g/mol. The van der Waals surface area contributed by atoms with Gasteiger partial charge in [-0.05, 0) is 44.2 Å². The zero-order chi connectivity index (χ0) is 13.8. The van der Waals surface area contributed by atoms with E-state index in [0.29, 0.717) is 6.04 Å². The van der Waals surface area contributed by atoms with E-state index in [1.54, 1.807) is 0 Å². The molecular formula is C17H25ClN2O. The number of amides is 1. The molecule has 3 nitrogen and oxygen atoms in total. The molecule has 1 aliphatic heterocycles. The van der Waals surface area contributed by atoms with Crippen molar-refractivity contribution in [3.63, 3.8) is 0 Å². The predicted octanol–water partition coefficient (Wildman–Crippen LogP) is 2.69. The number of nitrogens with one attached hydrogen (secondary N) is 2. The molecule has 0 bridgehead atoms. The van der Waals surface area contributed by atoms with Crippen molar-refractivity contribution in [3.05, 3.63) is 35.9 Å². The summed E-state index contributed by atoms with van der Waals surface area (Å²) in [6.07, 6.45) is 6.42. The molecule has 3 rings (SSSR count). The number of hydrogen-bond acceptors (Lipinski definition) is 2. The van der Waals surface area contributed by atoms with Gasteiger partial charge in [0.25, 0.3) is 0 Å². The Bertz CT molecular complexity index is 453. The van der Waals surface area contributed by atoms with Crippen LogP contribution >= 0.6 is 12.4 Å². The van der Waals surface area contributed by atoms with Crippen LogP contribution in [0.1, 0.15) is 37.7 Å². The van der Waals surface area contributed by atoms with E-state index in [-0.39, 0.29) is 23.7 Å². The van der Waals surface area contributed by atoms with E-state index in [1.807, 2.05) is 6.07 Å². The fraction of sp³-hybridized carbons (Fsp3) is 0.588. The smallest absolute Gasteiger partial charge is 0.226 e. The Labute approximate surface area is 133 Å². The maximum atomic E-state index is 12.7. The monoisotopic (exact) mass is 308 g/mol. The van der Waals surface area contributed by atoms with Gasteiger partial charge in [0, 0.05) is 12.6 Å². The summed E-state index contributed by atoms with van der Waals surface area (Å²) in [5, 5.41) is 6.64. The van der Waals surface area contributed by atoms with Crippen LogP contribution in [0.4, 0.5) is 0 Å². The second-order valence-corrected chi connectivity index (χ2v) is 6.31. The van der Waals surface area contributed by atoms with Gasteiger partial charge in [0.15, 0.2) is 0 Å². The van der Waals surface area contributed by atoms with Gasteiger partial charge in [0.05, 0.1) is 5.41 Å². The first kappa shape index (κ1) is 16.3. The SMILES string of the molecule is Cl.O=C(N[C@H]1CCCNC1)C1(Cc2ccccc2)CCC1. The van der Waals surface area contributed by atoms with Gasteiger partial charge in [-0.15, -0.1) is 12.4 Å². The van der Waals surface area contributed by atoms with E-state index in [9.17, 15) is 4.79 Å². The van der Waals surface area contributed by atoms with Gasteiger partial charge >= 0.3 is 0 Å². The maximum absolute atomic E-state index is 12.7. The van der Waals surface area contributed by atoms with Gasteiger partial charge in [-0.3, -0.25) is 4.79 Å². The molecule has 0 radical (unpaired) electrons. The number of piperidine rings is 1. The molecule has 1 aliphatic carbocycles. The normalized spacial score (nSPS) is 23.5. The van der Waals surface area contributed by atoms with E-state index in [4.69, 9.17) is 0 Å². The molecule has 4 heteroatoms. The lowest BCUT2D eigenvalue weighted by atomic mass is 9.64. The Hall–Kier alpha value is -1.06. The van der Waals surface area contributed by atoms with Gasteiger partial charge in [-0.1, -0.05) is 36.8 Å². The highest BCUT2D eigenvalue weighted by Crippen LogP contribution is 2.44. The molecule has 1 saturated carbocycles. The molecule has 1 heterocycles. The highest BCUT2D eigenvalue weighted by molar-refractivity contribution is 5.85. The molecule has 2 N–H and O–H groups in total. The minimum atomic E-state index is -0.140. The van der Waals surface area contributed by atoms with Crippen molar-refractivity contribution in [2.24, 2.45) is 5.41 Å². The number of carbonyl (C=O) groups is 1. The fourth-order valence-corrected chi connectivity index (χ4v) is 3.39. The Morgan fingerprint density at radius 3 is 2.57 bits per heavy atom. The number of carbonyl (C=O) groups excluding carboxylic acids is 1. The van der Waals surface area contributed by atoms with E-state index >= 15 is 0 Å². The third-order valence-electron chi connectivity index (χ3n) is 4.81. The zero-order valence-electron chi connectivity index (χ0n) is 12.4. The first-order valence-electron chi connectivity index (χ1n) is 7.84. The summed E-state index contributed by atoms with van der Waals surface area (Å²) in [6, 6.07) is 10.7. The number of rotatable bonds is 4. The minimum absolute atomic E-state index is 0. The van der Waals surface area contributed by atoms with Crippen molar-refractivity contribution in [1.82, 2.24) is 10.6 Å². The molecule has 1 atom stereocenters. The first-order chi connectivity index (χ1) is 9.78. The van der Waals surface area contributed by atoms with Crippen LogP contribution in [0.2, 0.25) is 0 Å². The lowest BCUT2D eigenvalue weighted by Gasteiger charge is -2.42. The van der Waals surface area contributed by atoms with Crippen LogP contribution in [0, 0.1) is 5.41 Å². The summed E-state index contributed by atoms with van der Waals surface area (Å²) in [7, 11) is 0. The van der Waals surface area contributed by atoms with Gasteiger partial charge in [0.2, 0.25) is 5.91 Å². The average molecular weight is 309 g/mol. The van der Waals surface area contributed by atoms with Crippen molar-refractivity contribution in [1.29, 1.82) is 0 Å². The summed E-state index contributed by atoms with van der Waals surface area (Å²) in [5.41, 5.74) is 1.14. The van der Waals surface area contributed by atoms with Gasteiger partial charge in [-0.2, -0.15) is 0 Å². The van der Waals surface area contributed by atoms with Crippen molar-refractivity contribution in [2.45, 2.75) is 44.6 Å². The van der Waals surface area contributed by atoms with Crippen LogP contribution in [0.3, 0.4) is 0 Å². The molecule has 1 aromatic carbocycles. The van der Waals surface area contributed by atoms with Crippen LogP contribution in [0.25, 0.3) is 0 Å². The minimum Gasteiger partial charge on any atom is -0.352 e. The summed E-state index contributed by atoms with van der Waals surface area (Å²) >= 11 is 0. The summed E-state index contributed by atoms with van der Waals surface area (Å²) < 4.78 is 0. The lowest BCUT2D eigenvalue weighted by molar-refractivity contribution is -0.136. The van der Waals surface area contributed by atoms with Crippen LogP contribution < -0.4 is 10.6 Å². The second kappa shape index (κ2) is 7.28. The largest absolute Gasteiger partial charge is 0.352 e. The van der Waals surface area contributed by atoms with Crippen molar-refractivity contribution >= 4 is 18.3 Å². The zero-order valence-corrected chi connectivity index (χ0v) is 13.3. The van der Waals surface area contributed by atoms with E-state index in [1.165, 1.54) is 12.0 Å². The standard InChI is InChI=1S/C17H24N2O.ClH/c20-16(19-15-8-4-11-18-13-15)17(9-5-10-17)12-14-6-2-1-3-7-14;/h1-3,6-7,15,18H,4-5,8-13H2,(H,19,20);1H/t15-;/m0./s1. The van der Waals surface area contributed by atoms with Gasteiger partial charge in [0.1, 0.15) is 0 Å². The maximum Gasteiger partial charge on any atom is 0.226 e. The third kappa shape index (κ3) is 3.78. The number of hydrogen-bond donors (Lipinski definition) is 2. The van der Waals surface area contributed by atoms with E-state index < -0.39 is 0 Å². The Kier molecular flexibility index (Phi) is 5.65. The Balaban J connectivity index is 0.00000161. The van der Waals surface area contributed by atoms with Crippen LogP contribution in [0.15, 0.2) is 30.3 Å². The highest BCUT2D eigenvalue weighted by atomic mass is 35.5. The quantitative estimate of drug-likeness (QED) is 0.898. The van der Waals surface area contributed by atoms with Crippen LogP contribution in [0.5, 0.6) is 0 Å². The number of benzene rings is 1. The first-order valence-corrected chi connectivity index (χ1v) is 7.84. The Morgan fingerprint density at radius 1 is 1.24 bits per heavy atom. The summed E-state index contributed by atoms with van der Waals surface area (Å²) in [6.45, 7) is 2.01. The average Bonchev–Trinajstić information content (AvgIpc) is 2.45. The molecule has 116 valence electrons. The topological polar surface area (TPSA) is 41.1 Å². The molecule has 2 fully saturated rings. The molecule has 21 heavy (non-hydrogen) atoms. The van der Waals surface area contributed by atoms with Crippen LogP contribution in [-0.2, 0) is 11.2 Å². The lowest BCUT2D eigenvalue weighted by Crippen LogP contribution is -2.53. The van der Waals surface area contributed by atoms with Crippen LogP contribution in [-0.4, -0.2) is 25.0 Å².